The van der Waals surface area contributed by atoms with Crippen molar-refractivity contribution >= 4 is 28.5 Å². The van der Waals surface area contributed by atoms with E-state index in [-0.39, 0.29) is 11.8 Å². The van der Waals surface area contributed by atoms with Crippen molar-refractivity contribution in [3.63, 3.8) is 0 Å². The number of nitrogens with two attached hydrogens (primary N) is 1. The lowest BCUT2D eigenvalue weighted by Gasteiger charge is -2.35. The molecule has 1 atom stereocenters. The van der Waals surface area contributed by atoms with Gasteiger partial charge in [-0.3, -0.25) is 14.5 Å². The number of hydrogen-bond acceptors (Lipinski definition) is 7. The third kappa shape index (κ3) is 4.25. The number of nitrogen functional groups attached to an aromatic ring is 1. The number of nitrogens with zero attached hydrogens (tertiary/aromatic N) is 4. The average Bonchev–Trinajstić information content (AvgIpc) is 3.29. The van der Waals surface area contributed by atoms with Crippen LogP contribution in [0.2, 0.25) is 0 Å². The molecule has 3 aromatic rings. The first-order valence-electron chi connectivity index (χ1n) is 9.86. The molecule has 9 heteroatoms. The molecule has 3 heterocycles. The molecule has 0 radical (unpaired) electrons. The maximum Gasteiger partial charge on any atom is 0.255 e. The Balaban J connectivity index is 1.31. The zero-order valence-corrected chi connectivity index (χ0v) is 16.7. The summed E-state index contributed by atoms with van der Waals surface area (Å²) in [6.45, 7) is 4.82. The molecule has 30 heavy (non-hydrogen) atoms. The molecule has 3 N–H and O–H groups in total. The van der Waals surface area contributed by atoms with Crippen LogP contribution in [0.1, 0.15) is 23.1 Å². The van der Waals surface area contributed by atoms with Crippen LogP contribution < -0.4 is 11.1 Å². The van der Waals surface area contributed by atoms with Crippen molar-refractivity contribution in [1.29, 1.82) is 0 Å². The summed E-state index contributed by atoms with van der Waals surface area (Å²) < 4.78 is 4.91. The van der Waals surface area contributed by atoms with Gasteiger partial charge in [0.1, 0.15) is 23.9 Å². The molecule has 156 valence electrons. The number of aromatic nitrogens is 2. The highest BCUT2D eigenvalue weighted by Gasteiger charge is 2.26. The Labute approximate surface area is 173 Å². The third-order valence-corrected chi connectivity index (χ3v) is 5.23. The van der Waals surface area contributed by atoms with Crippen molar-refractivity contribution in [2.45, 2.75) is 19.5 Å². The Bertz CT molecular complexity index is 1040. The van der Waals surface area contributed by atoms with Crippen LogP contribution in [0.3, 0.4) is 0 Å². The molecule has 4 rings (SSSR count). The van der Waals surface area contributed by atoms with E-state index in [0.29, 0.717) is 49.9 Å². The van der Waals surface area contributed by atoms with Crippen LogP contribution in [0, 0.1) is 0 Å². The Kier molecular flexibility index (Phi) is 5.62. The summed E-state index contributed by atoms with van der Waals surface area (Å²) >= 11 is 0. The van der Waals surface area contributed by atoms with Gasteiger partial charge in [-0.1, -0.05) is 12.1 Å². The van der Waals surface area contributed by atoms with Gasteiger partial charge < -0.3 is 20.4 Å². The van der Waals surface area contributed by atoms with Gasteiger partial charge in [0.25, 0.3) is 5.91 Å². The van der Waals surface area contributed by atoms with E-state index in [1.807, 2.05) is 24.3 Å². The summed E-state index contributed by atoms with van der Waals surface area (Å²) in [6, 6.07) is 8.62. The van der Waals surface area contributed by atoms with Gasteiger partial charge >= 0.3 is 0 Å². The molecule has 2 amide bonds. The fourth-order valence-corrected chi connectivity index (χ4v) is 3.56. The van der Waals surface area contributed by atoms with E-state index in [1.54, 1.807) is 17.9 Å². The molecule has 0 spiro atoms. The number of benzene rings is 1. The first-order valence-corrected chi connectivity index (χ1v) is 9.86. The standard InChI is InChI=1S/C21H24N6O3/c1-14(23-20(28)15-6-11-30-13-15)21(29)27-9-7-26(8-10-27)12-18-24-17-5-3-2-4-16(17)19(22)25-18/h2-6,11,13-14H,7-10,12H2,1H3,(H,23,28)(H2,22,24,25). The van der Waals surface area contributed by atoms with E-state index in [1.165, 1.54) is 12.5 Å². The quantitative estimate of drug-likeness (QED) is 0.653. The number of fused-ring (bicyclic) bond motifs is 1. The number of carbonyl (C=O) groups is 2. The molecule has 9 nitrogen and oxygen atoms in total. The zero-order valence-electron chi connectivity index (χ0n) is 16.7. The van der Waals surface area contributed by atoms with E-state index < -0.39 is 6.04 Å². The SMILES string of the molecule is CC(NC(=O)c1ccoc1)C(=O)N1CCN(Cc2nc(N)c3ccccc3n2)CC1. The minimum atomic E-state index is -0.609. The maximum atomic E-state index is 12.7. The van der Waals surface area contributed by atoms with Crippen LogP contribution in [0.4, 0.5) is 5.82 Å². The largest absolute Gasteiger partial charge is 0.472 e. The monoisotopic (exact) mass is 408 g/mol. The van der Waals surface area contributed by atoms with Crippen molar-refractivity contribution in [2.75, 3.05) is 31.9 Å². The Morgan fingerprint density at radius 1 is 1.17 bits per heavy atom. The Morgan fingerprint density at radius 3 is 2.67 bits per heavy atom. The minimum absolute atomic E-state index is 0.0994. The Morgan fingerprint density at radius 2 is 1.93 bits per heavy atom. The van der Waals surface area contributed by atoms with Crippen LogP contribution in [-0.2, 0) is 11.3 Å². The van der Waals surface area contributed by atoms with Crippen molar-refractivity contribution in [3.8, 4) is 0 Å². The number of carbonyl (C=O) groups excluding carboxylic acids is 2. The van der Waals surface area contributed by atoms with Gasteiger partial charge in [-0.2, -0.15) is 0 Å². The summed E-state index contributed by atoms with van der Waals surface area (Å²) in [5.41, 5.74) is 7.30. The van der Waals surface area contributed by atoms with Gasteiger partial charge in [0, 0.05) is 31.6 Å². The first-order chi connectivity index (χ1) is 14.5. The number of para-hydroxylation sites is 1. The summed E-state index contributed by atoms with van der Waals surface area (Å²) in [4.78, 5) is 37.8. The zero-order chi connectivity index (χ0) is 21.1. The van der Waals surface area contributed by atoms with Gasteiger partial charge in [-0.25, -0.2) is 9.97 Å². The number of hydrogen-bond donors (Lipinski definition) is 2. The molecule has 0 bridgehead atoms. The molecule has 1 aromatic carbocycles. The van der Waals surface area contributed by atoms with Crippen LogP contribution in [0.15, 0.2) is 47.3 Å². The van der Waals surface area contributed by atoms with Gasteiger partial charge in [-0.05, 0) is 25.1 Å². The second-order valence-electron chi connectivity index (χ2n) is 7.35. The molecule has 0 aliphatic carbocycles. The molecular formula is C21H24N6O3. The molecule has 1 fully saturated rings. The molecule has 1 saturated heterocycles. The minimum Gasteiger partial charge on any atom is -0.472 e. The highest BCUT2D eigenvalue weighted by Crippen LogP contribution is 2.18. The lowest BCUT2D eigenvalue weighted by Crippen LogP contribution is -2.54. The summed E-state index contributed by atoms with van der Waals surface area (Å²) in [5.74, 6) is 0.727. The predicted octanol–water partition coefficient (Wildman–Crippen LogP) is 1.27. The van der Waals surface area contributed by atoms with Crippen molar-refractivity contribution in [2.24, 2.45) is 0 Å². The lowest BCUT2D eigenvalue weighted by atomic mass is 10.2. The highest BCUT2D eigenvalue weighted by molar-refractivity contribution is 5.97. The number of piperazine rings is 1. The number of furan rings is 1. The molecule has 2 aromatic heterocycles. The van der Waals surface area contributed by atoms with Gasteiger partial charge in [-0.15, -0.1) is 0 Å². The molecule has 0 saturated carbocycles. The predicted molar refractivity (Wildman–Crippen MR) is 111 cm³/mol. The number of amides is 2. The van der Waals surface area contributed by atoms with Crippen LogP contribution in [0.5, 0.6) is 0 Å². The van der Waals surface area contributed by atoms with E-state index >= 15 is 0 Å². The van der Waals surface area contributed by atoms with Crippen LogP contribution in [0.25, 0.3) is 10.9 Å². The van der Waals surface area contributed by atoms with Crippen molar-refractivity contribution in [1.82, 2.24) is 25.1 Å². The maximum absolute atomic E-state index is 12.7. The van der Waals surface area contributed by atoms with Crippen molar-refractivity contribution < 1.29 is 14.0 Å². The smallest absolute Gasteiger partial charge is 0.255 e. The molecular weight excluding hydrogens is 384 g/mol. The second kappa shape index (κ2) is 8.50. The van der Waals surface area contributed by atoms with E-state index in [2.05, 4.69) is 20.2 Å². The summed E-state index contributed by atoms with van der Waals surface area (Å²) in [6.07, 6.45) is 2.78. The first kappa shape index (κ1) is 19.8. The third-order valence-electron chi connectivity index (χ3n) is 5.23. The second-order valence-corrected chi connectivity index (χ2v) is 7.35. The van der Waals surface area contributed by atoms with E-state index in [0.717, 1.165) is 10.9 Å². The lowest BCUT2D eigenvalue weighted by molar-refractivity contribution is -0.134. The van der Waals surface area contributed by atoms with E-state index in [4.69, 9.17) is 10.2 Å². The normalized spacial score (nSPS) is 15.8. The van der Waals surface area contributed by atoms with Gasteiger partial charge in [0.05, 0.1) is 23.9 Å². The number of rotatable bonds is 5. The van der Waals surface area contributed by atoms with Gasteiger partial charge in [0.15, 0.2) is 0 Å². The molecule has 1 unspecified atom stereocenters. The highest BCUT2D eigenvalue weighted by atomic mass is 16.3. The Hall–Kier alpha value is -3.46. The molecule has 1 aliphatic heterocycles. The van der Waals surface area contributed by atoms with E-state index in [9.17, 15) is 9.59 Å². The average molecular weight is 408 g/mol. The van der Waals surface area contributed by atoms with Crippen molar-refractivity contribution in [3.05, 3.63) is 54.2 Å². The molecule has 1 aliphatic rings. The topological polar surface area (TPSA) is 118 Å². The van der Waals surface area contributed by atoms with Crippen LogP contribution >= 0.6 is 0 Å². The summed E-state index contributed by atoms with van der Waals surface area (Å²) in [5, 5.41) is 3.57. The van der Waals surface area contributed by atoms with Crippen LogP contribution in [-0.4, -0.2) is 63.8 Å². The number of anilines is 1. The summed E-state index contributed by atoms with van der Waals surface area (Å²) in [7, 11) is 0. The number of nitrogens with one attached hydrogen (secondary N) is 1. The fourth-order valence-electron chi connectivity index (χ4n) is 3.56. The van der Waals surface area contributed by atoms with Gasteiger partial charge in [0.2, 0.25) is 5.91 Å². The fraction of sp³-hybridized carbons (Fsp3) is 0.333.